The van der Waals surface area contributed by atoms with Crippen LogP contribution in [0.2, 0.25) is 0 Å². The maximum atomic E-state index is 13.7. The fourth-order valence-corrected chi connectivity index (χ4v) is 8.29. The lowest BCUT2D eigenvalue weighted by Crippen LogP contribution is -2.56. The van der Waals surface area contributed by atoms with Crippen LogP contribution in [0.5, 0.6) is 0 Å². The predicted molar refractivity (Wildman–Crippen MR) is 116 cm³/mol. The van der Waals surface area contributed by atoms with E-state index in [1.165, 1.54) is 57.4 Å². The minimum absolute atomic E-state index is 0.150. The molecule has 0 aliphatic heterocycles. The van der Waals surface area contributed by atoms with Crippen LogP contribution in [-0.2, 0) is 0 Å². The molecule has 0 bridgehead atoms. The predicted octanol–water partition coefficient (Wildman–Crippen LogP) is 6.40. The van der Waals surface area contributed by atoms with Crippen molar-refractivity contribution in [3.63, 3.8) is 0 Å². The summed E-state index contributed by atoms with van der Waals surface area (Å²) >= 11 is 0. The van der Waals surface area contributed by atoms with E-state index in [0.717, 1.165) is 48.1 Å². The molecule has 0 radical (unpaired) electrons. The summed E-state index contributed by atoms with van der Waals surface area (Å²) in [6.45, 7) is 4.58. The minimum atomic E-state index is -0.429. The molecule has 0 saturated heterocycles. The smallest absolute Gasteiger partial charge is 0.125 e. The van der Waals surface area contributed by atoms with Gasteiger partial charge in [-0.2, -0.15) is 0 Å². The zero-order valence-electron chi connectivity index (χ0n) is 18.2. The molecule has 0 heterocycles. The SMILES string of the molecule is C[C@@]1(O)CC[C@H]2[C@H](CC[C@@H]3[C@@H]2CC[C@]2(C)[C@@H](Nc4cccc(F)c4)CCC[C@@H]32)C1. The van der Waals surface area contributed by atoms with E-state index in [9.17, 15) is 9.50 Å². The average Bonchev–Trinajstić information content (AvgIpc) is 2.67. The first kappa shape index (κ1) is 19.8. The zero-order chi connectivity index (χ0) is 20.2. The van der Waals surface area contributed by atoms with Gasteiger partial charge in [0.2, 0.25) is 0 Å². The number of rotatable bonds is 2. The summed E-state index contributed by atoms with van der Waals surface area (Å²) in [7, 11) is 0. The van der Waals surface area contributed by atoms with Gasteiger partial charge in [0.05, 0.1) is 5.60 Å². The summed E-state index contributed by atoms with van der Waals surface area (Å²) in [4.78, 5) is 0. The first-order valence-electron chi connectivity index (χ1n) is 12.1. The Morgan fingerprint density at radius 3 is 2.62 bits per heavy atom. The van der Waals surface area contributed by atoms with Crippen molar-refractivity contribution < 1.29 is 9.50 Å². The molecular formula is C26H38FNO. The summed E-state index contributed by atoms with van der Waals surface area (Å²) in [5.41, 5.74) is 0.831. The highest BCUT2D eigenvalue weighted by Gasteiger charge is 2.56. The van der Waals surface area contributed by atoms with E-state index in [-0.39, 0.29) is 5.82 Å². The van der Waals surface area contributed by atoms with Crippen molar-refractivity contribution in [3.8, 4) is 0 Å². The normalized spacial score (nSPS) is 46.9. The van der Waals surface area contributed by atoms with Crippen LogP contribution in [-0.4, -0.2) is 16.7 Å². The van der Waals surface area contributed by atoms with Crippen LogP contribution < -0.4 is 5.32 Å². The van der Waals surface area contributed by atoms with Gasteiger partial charge in [-0.05, 0) is 118 Å². The Bertz CT molecular complexity index is 748. The molecule has 0 aromatic heterocycles. The Hall–Kier alpha value is -1.09. The average molecular weight is 400 g/mol. The van der Waals surface area contributed by atoms with Crippen LogP contribution in [0.4, 0.5) is 10.1 Å². The molecule has 2 nitrogen and oxygen atoms in total. The van der Waals surface area contributed by atoms with Crippen LogP contribution in [0.1, 0.15) is 78.1 Å². The van der Waals surface area contributed by atoms with Crippen molar-refractivity contribution in [1.82, 2.24) is 0 Å². The molecule has 4 saturated carbocycles. The Morgan fingerprint density at radius 1 is 0.966 bits per heavy atom. The second-order valence-electron chi connectivity index (χ2n) is 11.4. The molecule has 4 aliphatic rings. The third-order valence-electron chi connectivity index (χ3n) is 9.64. The van der Waals surface area contributed by atoms with Crippen LogP contribution in [0.25, 0.3) is 0 Å². The van der Waals surface area contributed by atoms with Gasteiger partial charge < -0.3 is 10.4 Å². The highest BCUT2D eigenvalue weighted by Crippen LogP contribution is 2.62. The number of nitrogens with one attached hydrogen (secondary N) is 1. The van der Waals surface area contributed by atoms with Crippen LogP contribution in [0.15, 0.2) is 24.3 Å². The highest BCUT2D eigenvalue weighted by molar-refractivity contribution is 5.44. The van der Waals surface area contributed by atoms with Crippen molar-refractivity contribution in [2.24, 2.45) is 35.0 Å². The number of hydrogen-bond donors (Lipinski definition) is 2. The molecule has 1 aromatic carbocycles. The topological polar surface area (TPSA) is 32.3 Å². The largest absolute Gasteiger partial charge is 0.390 e. The summed E-state index contributed by atoms with van der Waals surface area (Å²) in [5.74, 6) is 3.96. The molecular weight excluding hydrogens is 361 g/mol. The number of benzene rings is 1. The molecule has 4 aliphatic carbocycles. The molecule has 2 N–H and O–H groups in total. The molecule has 1 aromatic rings. The molecule has 8 atom stereocenters. The summed E-state index contributed by atoms with van der Waals surface area (Å²) in [5, 5.41) is 14.3. The first-order chi connectivity index (χ1) is 13.9. The Labute approximate surface area is 175 Å². The molecule has 3 heteroatoms. The quantitative estimate of drug-likeness (QED) is 0.603. The fraction of sp³-hybridized carbons (Fsp3) is 0.769. The minimum Gasteiger partial charge on any atom is -0.390 e. The van der Waals surface area contributed by atoms with E-state index in [1.54, 1.807) is 6.07 Å². The van der Waals surface area contributed by atoms with E-state index in [2.05, 4.69) is 19.2 Å². The lowest BCUT2D eigenvalue weighted by molar-refractivity contribution is -0.113. The monoisotopic (exact) mass is 399 g/mol. The third kappa shape index (κ3) is 3.52. The van der Waals surface area contributed by atoms with Gasteiger partial charge in [-0.3, -0.25) is 0 Å². The van der Waals surface area contributed by atoms with E-state index < -0.39 is 5.60 Å². The van der Waals surface area contributed by atoms with Crippen molar-refractivity contribution in [3.05, 3.63) is 30.1 Å². The summed E-state index contributed by atoms with van der Waals surface area (Å²) < 4.78 is 13.7. The second-order valence-corrected chi connectivity index (χ2v) is 11.4. The van der Waals surface area contributed by atoms with E-state index in [1.807, 2.05) is 12.1 Å². The van der Waals surface area contributed by atoms with E-state index >= 15 is 0 Å². The first-order valence-corrected chi connectivity index (χ1v) is 12.1. The zero-order valence-corrected chi connectivity index (χ0v) is 18.2. The summed E-state index contributed by atoms with van der Waals surface area (Å²) in [6.07, 6.45) is 12.4. The van der Waals surface area contributed by atoms with Crippen molar-refractivity contribution >= 4 is 5.69 Å². The van der Waals surface area contributed by atoms with Gasteiger partial charge in [-0.1, -0.05) is 19.4 Å². The van der Waals surface area contributed by atoms with Gasteiger partial charge in [0.1, 0.15) is 5.82 Å². The van der Waals surface area contributed by atoms with Gasteiger partial charge >= 0.3 is 0 Å². The summed E-state index contributed by atoms with van der Waals surface area (Å²) in [6, 6.07) is 7.46. The van der Waals surface area contributed by atoms with Gasteiger partial charge in [0.25, 0.3) is 0 Å². The number of hydrogen-bond acceptors (Lipinski definition) is 2. The van der Waals surface area contributed by atoms with Crippen molar-refractivity contribution in [2.45, 2.75) is 89.7 Å². The standard InChI is InChI=1S/C26H38FNO/c1-25(29)13-11-20-17(16-25)9-10-22-21(20)12-14-26(2)23(22)7-4-8-24(26)28-19-6-3-5-18(27)15-19/h3,5-6,15,17,20-24,28-29H,4,7-14,16H2,1-2H3/t17-,20+,21-,22-,23+,24+,25-,26+/m1/s1. The van der Waals surface area contributed by atoms with Gasteiger partial charge in [-0.15, -0.1) is 0 Å². The number of fused-ring (bicyclic) bond motifs is 5. The van der Waals surface area contributed by atoms with E-state index in [4.69, 9.17) is 0 Å². The fourth-order valence-electron chi connectivity index (χ4n) is 8.29. The molecule has 160 valence electrons. The number of halogens is 1. The van der Waals surface area contributed by atoms with Crippen molar-refractivity contribution in [1.29, 1.82) is 0 Å². The van der Waals surface area contributed by atoms with E-state index in [0.29, 0.717) is 11.5 Å². The Kier molecular flexibility index (Phi) is 4.96. The molecule has 5 rings (SSSR count). The Morgan fingerprint density at radius 2 is 1.79 bits per heavy atom. The highest BCUT2D eigenvalue weighted by atomic mass is 19.1. The Balaban J connectivity index is 1.35. The second kappa shape index (κ2) is 7.25. The molecule has 0 spiro atoms. The van der Waals surface area contributed by atoms with Gasteiger partial charge in [0, 0.05) is 11.7 Å². The lowest BCUT2D eigenvalue weighted by Gasteiger charge is -2.61. The maximum absolute atomic E-state index is 13.7. The maximum Gasteiger partial charge on any atom is 0.125 e. The van der Waals surface area contributed by atoms with Crippen molar-refractivity contribution in [2.75, 3.05) is 5.32 Å². The third-order valence-corrected chi connectivity index (χ3v) is 9.64. The lowest BCUT2D eigenvalue weighted by atomic mass is 9.46. The van der Waals surface area contributed by atoms with Gasteiger partial charge in [0.15, 0.2) is 0 Å². The number of aliphatic hydroxyl groups is 1. The van der Waals surface area contributed by atoms with Crippen LogP contribution in [0, 0.1) is 40.8 Å². The molecule has 4 fully saturated rings. The molecule has 29 heavy (non-hydrogen) atoms. The van der Waals surface area contributed by atoms with Crippen LogP contribution in [0.3, 0.4) is 0 Å². The van der Waals surface area contributed by atoms with Crippen LogP contribution >= 0.6 is 0 Å². The molecule has 0 unspecified atom stereocenters. The molecule has 0 amide bonds. The van der Waals surface area contributed by atoms with Gasteiger partial charge in [-0.25, -0.2) is 4.39 Å². The number of anilines is 1.